The van der Waals surface area contributed by atoms with E-state index >= 15 is 0 Å². The van der Waals surface area contributed by atoms with Gasteiger partial charge in [-0.3, -0.25) is 0 Å². The first kappa shape index (κ1) is 9.06. The molecule has 0 unspecified atom stereocenters. The van der Waals surface area contributed by atoms with Gasteiger partial charge in [-0.15, -0.1) is 0 Å². The molecule has 1 aliphatic rings. The topological polar surface area (TPSA) is 12.4 Å². The molecule has 0 fully saturated rings. The van der Waals surface area contributed by atoms with E-state index in [2.05, 4.69) is 45.3 Å². The fourth-order valence-corrected chi connectivity index (χ4v) is 3.63. The molecule has 0 aliphatic carbocycles. The van der Waals surface area contributed by atoms with Crippen LogP contribution < -0.4 is 10.6 Å². The maximum Gasteiger partial charge on any atom is 0.0766 e. The van der Waals surface area contributed by atoms with Crippen LogP contribution in [-0.4, -0.2) is 4.01 Å². The van der Waals surface area contributed by atoms with Crippen LogP contribution >= 0.6 is 21.0 Å². The van der Waals surface area contributed by atoms with Gasteiger partial charge >= 0.3 is 0 Å². The minimum Gasteiger partial charge on any atom is -0.222 e. The van der Waals surface area contributed by atoms with Crippen LogP contribution in [0.5, 0.6) is 0 Å². The SMILES string of the molecule is CC(C)C1=c2ccccc2=NI=C1. The zero-order chi connectivity index (χ0) is 9.26. The Labute approximate surface area is 88.3 Å². The molecule has 0 N–H and O–H groups in total. The van der Waals surface area contributed by atoms with Crippen LogP contribution in [0.2, 0.25) is 0 Å². The second-order valence-corrected chi connectivity index (χ2v) is 5.08. The Morgan fingerprint density at radius 1 is 1.23 bits per heavy atom. The van der Waals surface area contributed by atoms with E-state index < -0.39 is 0 Å². The number of halogens is 1. The van der Waals surface area contributed by atoms with Gasteiger partial charge in [0.25, 0.3) is 0 Å². The summed E-state index contributed by atoms with van der Waals surface area (Å²) in [6.07, 6.45) is 0. The molecule has 1 heterocycles. The third-order valence-corrected chi connectivity index (χ3v) is 3.89. The molecular formula is C11H12IN. The van der Waals surface area contributed by atoms with Crippen molar-refractivity contribution in [2.45, 2.75) is 13.8 Å². The van der Waals surface area contributed by atoms with Crippen molar-refractivity contribution in [3.8, 4) is 0 Å². The molecular weight excluding hydrogens is 273 g/mol. The lowest BCUT2D eigenvalue weighted by Gasteiger charge is -2.07. The van der Waals surface area contributed by atoms with Crippen molar-refractivity contribution in [2.24, 2.45) is 9.12 Å². The van der Waals surface area contributed by atoms with Gasteiger partial charge in [0, 0.05) is 26.2 Å². The number of benzene rings is 1. The van der Waals surface area contributed by atoms with Crippen molar-refractivity contribution in [3.63, 3.8) is 0 Å². The van der Waals surface area contributed by atoms with Crippen molar-refractivity contribution in [2.75, 3.05) is 0 Å². The standard InChI is InChI=1S/C11H12IN/c1-8(2)10-7-12-13-11-6-4-3-5-9(10)11/h3-8H,1-2H3. The Bertz CT molecular complexity index is 457. The smallest absolute Gasteiger partial charge is 0.0766 e. The minimum atomic E-state index is -0.0851. The van der Waals surface area contributed by atoms with Gasteiger partial charge in [0.15, 0.2) is 0 Å². The normalized spacial score (nSPS) is 14.8. The maximum absolute atomic E-state index is 4.56. The van der Waals surface area contributed by atoms with Crippen molar-refractivity contribution in [1.29, 1.82) is 0 Å². The highest BCUT2D eigenvalue weighted by atomic mass is 127. The number of nitrogens with zero attached hydrogens (tertiary/aromatic N) is 1. The van der Waals surface area contributed by atoms with Gasteiger partial charge in [0.2, 0.25) is 0 Å². The van der Waals surface area contributed by atoms with Crippen LogP contribution in [0.15, 0.2) is 27.5 Å². The van der Waals surface area contributed by atoms with Crippen LogP contribution in [0.3, 0.4) is 0 Å². The van der Waals surface area contributed by atoms with Gasteiger partial charge in [-0.2, -0.15) is 0 Å². The van der Waals surface area contributed by atoms with Gasteiger partial charge < -0.3 is 0 Å². The zero-order valence-electron chi connectivity index (χ0n) is 7.79. The average molecular weight is 285 g/mol. The third-order valence-electron chi connectivity index (χ3n) is 2.14. The van der Waals surface area contributed by atoms with Crippen LogP contribution in [0, 0.1) is 5.92 Å². The molecule has 0 atom stereocenters. The molecule has 0 bridgehead atoms. The summed E-state index contributed by atoms with van der Waals surface area (Å²) in [5, 5.41) is 2.53. The molecule has 0 radical (unpaired) electrons. The highest BCUT2D eigenvalue weighted by molar-refractivity contribution is 14.2. The van der Waals surface area contributed by atoms with Gasteiger partial charge in [-0.25, -0.2) is 3.21 Å². The summed E-state index contributed by atoms with van der Waals surface area (Å²) in [6.45, 7) is 4.50. The maximum atomic E-state index is 4.56. The van der Waals surface area contributed by atoms with E-state index in [0.717, 1.165) is 0 Å². The largest absolute Gasteiger partial charge is 0.222 e. The van der Waals surface area contributed by atoms with Gasteiger partial charge in [-0.05, 0) is 21.6 Å². The molecule has 0 amide bonds. The van der Waals surface area contributed by atoms with Crippen LogP contribution in [0.4, 0.5) is 0 Å². The van der Waals surface area contributed by atoms with E-state index in [1.54, 1.807) is 0 Å². The first-order valence-corrected chi connectivity index (χ1v) is 6.63. The van der Waals surface area contributed by atoms with E-state index in [9.17, 15) is 0 Å². The van der Waals surface area contributed by atoms with Crippen molar-refractivity contribution in [3.05, 3.63) is 34.8 Å². The Balaban J connectivity index is 2.82. The van der Waals surface area contributed by atoms with Gasteiger partial charge in [0.1, 0.15) is 0 Å². The fraction of sp³-hybridized carbons (Fsp3) is 0.273. The summed E-state index contributed by atoms with van der Waals surface area (Å²) in [4.78, 5) is 0. The lowest BCUT2D eigenvalue weighted by molar-refractivity contribution is 0.865. The van der Waals surface area contributed by atoms with Gasteiger partial charge in [0.05, 0.1) is 5.36 Å². The molecule has 0 spiro atoms. The summed E-state index contributed by atoms with van der Waals surface area (Å²) in [5.41, 5.74) is 1.48. The molecule has 1 aromatic rings. The molecule has 68 valence electrons. The number of rotatable bonds is 1. The lowest BCUT2D eigenvalue weighted by atomic mass is 10.0. The molecule has 13 heavy (non-hydrogen) atoms. The summed E-state index contributed by atoms with van der Waals surface area (Å²) >= 11 is -0.0851. The highest BCUT2D eigenvalue weighted by Gasteiger charge is 2.04. The van der Waals surface area contributed by atoms with Crippen LogP contribution in [0.1, 0.15) is 13.8 Å². The summed E-state index contributed by atoms with van der Waals surface area (Å²) < 4.78 is 6.90. The predicted molar refractivity (Wildman–Crippen MR) is 65.6 cm³/mol. The Morgan fingerprint density at radius 2 is 2.00 bits per heavy atom. The molecule has 2 heteroatoms. The monoisotopic (exact) mass is 285 g/mol. The Morgan fingerprint density at radius 3 is 2.77 bits per heavy atom. The van der Waals surface area contributed by atoms with Crippen LogP contribution in [-0.2, 0) is 0 Å². The molecule has 2 rings (SSSR count). The van der Waals surface area contributed by atoms with Crippen molar-refractivity contribution in [1.82, 2.24) is 0 Å². The van der Waals surface area contributed by atoms with E-state index in [1.165, 1.54) is 16.1 Å². The molecule has 0 saturated carbocycles. The quantitative estimate of drug-likeness (QED) is 0.698. The minimum absolute atomic E-state index is 0.0851. The molecule has 0 aromatic heterocycles. The first-order chi connectivity index (χ1) is 6.29. The van der Waals surface area contributed by atoms with Crippen molar-refractivity contribution < 1.29 is 0 Å². The number of fused-ring (bicyclic) bond motifs is 1. The van der Waals surface area contributed by atoms with E-state index in [0.29, 0.717) is 5.92 Å². The van der Waals surface area contributed by atoms with E-state index in [-0.39, 0.29) is 21.0 Å². The number of hydrogen-bond donors (Lipinski definition) is 0. The van der Waals surface area contributed by atoms with E-state index in [1.807, 2.05) is 0 Å². The summed E-state index contributed by atoms with van der Waals surface area (Å²) in [6, 6.07) is 8.45. The molecule has 1 aromatic carbocycles. The highest BCUT2D eigenvalue weighted by Crippen LogP contribution is 2.12. The summed E-state index contributed by atoms with van der Waals surface area (Å²) in [5.74, 6) is 0.622. The Hall–Kier alpha value is -0.510. The van der Waals surface area contributed by atoms with E-state index in [4.69, 9.17) is 0 Å². The molecule has 1 aliphatic heterocycles. The fourth-order valence-electron chi connectivity index (χ4n) is 1.42. The summed E-state index contributed by atoms with van der Waals surface area (Å²) in [7, 11) is 0. The first-order valence-electron chi connectivity index (χ1n) is 4.42. The predicted octanol–water partition coefficient (Wildman–Crippen LogP) is 1.81. The van der Waals surface area contributed by atoms with Crippen molar-refractivity contribution >= 4 is 30.6 Å². The second-order valence-electron chi connectivity index (χ2n) is 3.42. The molecule has 1 nitrogen and oxygen atoms in total. The second kappa shape index (κ2) is 3.70. The molecule has 0 saturated heterocycles. The van der Waals surface area contributed by atoms with Gasteiger partial charge in [-0.1, -0.05) is 32.0 Å². The zero-order valence-corrected chi connectivity index (χ0v) is 9.95. The lowest BCUT2D eigenvalue weighted by Crippen LogP contribution is -2.29. The third kappa shape index (κ3) is 1.73. The Kier molecular flexibility index (Phi) is 2.58. The number of hydrogen-bond acceptors (Lipinski definition) is 1. The average Bonchev–Trinajstić information content (AvgIpc) is 2.17. The van der Waals surface area contributed by atoms with Crippen LogP contribution in [0.25, 0.3) is 5.57 Å².